The maximum absolute atomic E-state index is 12.2. The Bertz CT molecular complexity index is 1210. The van der Waals surface area contributed by atoms with Gasteiger partial charge in [0.1, 0.15) is 13.2 Å². The van der Waals surface area contributed by atoms with Crippen molar-refractivity contribution in [3.8, 4) is 11.1 Å². The van der Waals surface area contributed by atoms with E-state index < -0.39 is 18.0 Å². The summed E-state index contributed by atoms with van der Waals surface area (Å²) in [7, 11) is 0. The minimum absolute atomic E-state index is 0.0174. The van der Waals surface area contributed by atoms with Gasteiger partial charge in [0.25, 0.3) is 0 Å². The van der Waals surface area contributed by atoms with Gasteiger partial charge in [-0.2, -0.15) is 0 Å². The monoisotopic (exact) mass is 474 g/mol. The lowest BCUT2D eigenvalue weighted by molar-refractivity contribution is -0.120. The zero-order chi connectivity index (χ0) is 24.8. The first-order valence-corrected chi connectivity index (χ1v) is 11.2. The first-order valence-electron chi connectivity index (χ1n) is 11.2. The lowest BCUT2D eigenvalue weighted by Gasteiger charge is -2.14. The van der Waals surface area contributed by atoms with Crippen molar-refractivity contribution in [2.75, 3.05) is 31.7 Å². The van der Waals surface area contributed by atoms with E-state index in [0.29, 0.717) is 11.3 Å². The molecule has 0 fully saturated rings. The first-order chi connectivity index (χ1) is 17.0. The summed E-state index contributed by atoms with van der Waals surface area (Å²) in [6.45, 7) is 1.91. The second-order valence-corrected chi connectivity index (χ2v) is 8.14. The molecule has 0 aliphatic heterocycles. The second kappa shape index (κ2) is 10.8. The van der Waals surface area contributed by atoms with Crippen LogP contribution in [-0.2, 0) is 14.3 Å². The SMILES string of the molecule is Cc1c(NC(=O)COCCNC(=O)OCC2c3ccccc3-c3ccccc32)cccc1C(=O)O. The third-order valence-electron chi connectivity index (χ3n) is 5.93. The van der Waals surface area contributed by atoms with E-state index in [4.69, 9.17) is 9.47 Å². The fourth-order valence-corrected chi connectivity index (χ4v) is 4.23. The molecule has 0 spiro atoms. The molecule has 0 atom stereocenters. The summed E-state index contributed by atoms with van der Waals surface area (Å²) in [6, 6.07) is 20.9. The Kier molecular flexibility index (Phi) is 7.42. The largest absolute Gasteiger partial charge is 0.478 e. The Morgan fingerprint density at radius 3 is 2.23 bits per heavy atom. The highest BCUT2D eigenvalue weighted by molar-refractivity contribution is 5.96. The molecule has 0 radical (unpaired) electrons. The molecule has 3 N–H and O–H groups in total. The average Bonchev–Trinajstić information content (AvgIpc) is 3.17. The Balaban J connectivity index is 1.18. The molecule has 1 aliphatic rings. The van der Waals surface area contributed by atoms with E-state index in [2.05, 4.69) is 34.9 Å². The minimum Gasteiger partial charge on any atom is -0.478 e. The van der Waals surface area contributed by atoms with Gasteiger partial charge in [-0.05, 0) is 46.9 Å². The number of carbonyl (C=O) groups is 3. The number of fused-ring (bicyclic) bond motifs is 3. The molecule has 8 heteroatoms. The van der Waals surface area contributed by atoms with Crippen LogP contribution >= 0.6 is 0 Å². The van der Waals surface area contributed by atoms with Crippen LogP contribution in [0.3, 0.4) is 0 Å². The number of hydrogen-bond acceptors (Lipinski definition) is 5. The molecule has 35 heavy (non-hydrogen) atoms. The smallest absolute Gasteiger partial charge is 0.407 e. The number of carboxylic acid groups (broad SMARTS) is 1. The highest BCUT2D eigenvalue weighted by atomic mass is 16.5. The Hall–Kier alpha value is -4.17. The molecule has 0 aromatic heterocycles. The quantitative estimate of drug-likeness (QED) is 0.401. The predicted molar refractivity (Wildman–Crippen MR) is 131 cm³/mol. The molecule has 0 heterocycles. The zero-order valence-corrected chi connectivity index (χ0v) is 19.2. The van der Waals surface area contributed by atoms with Gasteiger partial charge in [0.15, 0.2) is 0 Å². The molecular formula is C27H26N2O6. The summed E-state index contributed by atoms with van der Waals surface area (Å²) in [5, 5.41) is 14.4. The number of carboxylic acids is 1. The molecule has 2 amide bonds. The van der Waals surface area contributed by atoms with Crippen molar-refractivity contribution in [3.63, 3.8) is 0 Å². The van der Waals surface area contributed by atoms with Crippen molar-refractivity contribution < 1.29 is 29.0 Å². The van der Waals surface area contributed by atoms with E-state index in [0.717, 1.165) is 22.3 Å². The van der Waals surface area contributed by atoms with Gasteiger partial charge in [-0.15, -0.1) is 0 Å². The maximum atomic E-state index is 12.2. The summed E-state index contributed by atoms with van der Waals surface area (Å²) in [5.41, 5.74) is 5.60. The maximum Gasteiger partial charge on any atom is 0.407 e. The van der Waals surface area contributed by atoms with Crippen LogP contribution in [0, 0.1) is 6.92 Å². The van der Waals surface area contributed by atoms with Gasteiger partial charge < -0.3 is 25.2 Å². The number of alkyl carbamates (subject to hydrolysis) is 1. The van der Waals surface area contributed by atoms with Gasteiger partial charge in [0.2, 0.25) is 5.91 Å². The van der Waals surface area contributed by atoms with Crippen LogP contribution in [0.5, 0.6) is 0 Å². The van der Waals surface area contributed by atoms with Gasteiger partial charge in [0, 0.05) is 18.2 Å². The van der Waals surface area contributed by atoms with Crippen LogP contribution in [0.25, 0.3) is 11.1 Å². The molecule has 3 aromatic rings. The number of ether oxygens (including phenoxy) is 2. The van der Waals surface area contributed by atoms with Crippen molar-refractivity contribution in [1.29, 1.82) is 0 Å². The van der Waals surface area contributed by atoms with Crippen molar-refractivity contribution in [2.45, 2.75) is 12.8 Å². The van der Waals surface area contributed by atoms with E-state index in [-0.39, 0.29) is 37.8 Å². The molecule has 8 nitrogen and oxygen atoms in total. The van der Waals surface area contributed by atoms with Gasteiger partial charge in [-0.1, -0.05) is 54.6 Å². The minimum atomic E-state index is -1.06. The van der Waals surface area contributed by atoms with Crippen LogP contribution in [0.1, 0.15) is 33.0 Å². The van der Waals surface area contributed by atoms with Gasteiger partial charge in [-0.3, -0.25) is 4.79 Å². The van der Waals surface area contributed by atoms with E-state index >= 15 is 0 Å². The van der Waals surface area contributed by atoms with Crippen LogP contribution in [0.4, 0.5) is 10.5 Å². The average molecular weight is 475 g/mol. The highest BCUT2D eigenvalue weighted by Gasteiger charge is 2.28. The van der Waals surface area contributed by atoms with Crippen LogP contribution in [0.15, 0.2) is 66.7 Å². The van der Waals surface area contributed by atoms with Crippen LogP contribution in [-0.4, -0.2) is 49.4 Å². The number of amides is 2. The van der Waals surface area contributed by atoms with E-state index in [1.807, 2.05) is 24.3 Å². The van der Waals surface area contributed by atoms with Crippen molar-refractivity contribution in [3.05, 3.63) is 89.0 Å². The number of nitrogens with one attached hydrogen (secondary N) is 2. The summed E-state index contributed by atoms with van der Waals surface area (Å²) >= 11 is 0. The predicted octanol–water partition coefficient (Wildman–Crippen LogP) is 4.19. The lowest BCUT2D eigenvalue weighted by atomic mass is 9.98. The highest BCUT2D eigenvalue weighted by Crippen LogP contribution is 2.44. The molecular weight excluding hydrogens is 448 g/mol. The Morgan fingerprint density at radius 1 is 0.914 bits per heavy atom. The first kappa shape index (κ1) is 24.0. The second-order valence-electron chi connectivity index (χ2n) is 8.14. The Morgan fingerprint density at radius 2 is 1.57 bits per heavy atom. The van der Waals surface area contributed by atoms with E-state index in [1.165, 1.54) is 6.07 Å². The molecule has 1 aliphatic carbocycles. The molecule has 0 saturated carbocycles. The number of carbonyl (C=O) groups excluding carboxylic acids is 2. The fourth-order valence-electron chi connectivity index (χ4n) is 4.23. The summed E-state index contributed by atoms with van der Waals surface area (Å²) in [5.74, 6) is -1.50. The molecule has 4 rings (SSSR count). The summed E-state index contributed by atoms with van der Waals surface area (Å²) in [6.07, 6.45) is -0.555. The molecule has 180 valence electrons. The number of aromatic carboxylic acids is 1. The third kappa shape index (κ3) is 5.50. The Labute approximate surface area is 202 Å². The van der Waals surface area contributed by atoms with Crippen LogP contribution < -0.4 is 10.6 Å². The molecule has 0 saturated heterocycles. The lowest BCUT2D eigenvalue weighted by Crippen LogP contribution is -2.30. The van der Waals surface area contributed by atoms with E-state index in [1.54, 1.807) is 19.1 Å². The van der Waals surface area contributed by atoms with Crippen molar-refractivity contribution >= 4 is 23.7 Å². The van der Waals surface area contributed by atoms with Crippen molar-refractivity contribution in [2.24, 2.45) is 0 Å². The molecule has 0 bridgehead atoms. The number of benzene rings is 3. The fraction of sp³-hybridized carbons (Fsp3) is 0.222. The van der Waals surface area contributed by atoms with Crippen molar-refractivity contribution in [1.82, 2.24) is 5.32 Å². The standard InChI is InChI=1S/C27H26N2O6/c1-17-18(26(31)32)11-6-12-24(17)29-25(30)16-34-14-13-28-27(33)35-15-23-21-9-4-2-7-19(21)20-8-3-5-10-22(20)23/h2-12,23H,13-16H2,1H3,(H,28,33)(H,29,30)(H,31,32). The third-order valence-corrected chi connectivity index (χ3v) is 5.93. The topological polar surface area (TPSA) is 114 Å². The van der Waals surface area contributed by atoms with Crippen LogP contribution in [0.2, 0.25) is 0 Å². The number of rotatable bonds is 9. The number of anilines is 1. The summed E-state index contributed by atoms with van der Waals surface area (Å²) < 4.78 is 10.8. The zero-order valence-electron chi connectivity index (χ0n) is 19.2. The normalized spacial score (nSPS) is 11.9. The van der Waals surface area contributed by atoms with Gasteiger partial charge in [0.05, 0.1) is 12.2 Å². The van der Waals surface area contributed by atoms with Gasteiger partial charge >= 0.3 is 12.1 Å². The molecule has 0 unspecified atom stereocenters. The van der Waals surface area contributed by atoms with E-state index in [9.17, 15) is 19.5 Å². The van der Waals surface area contributed by atoms with Gasteiger partial charge in [-0.25, -0.2) is 9.59 Å². The molecule has 3 aromatic carbocycles. The number of hydrogen-bond donors (Lipinski definition) is 3. The summed E-state index contributed by atoms with van der Waals surface area (Å²) in [4.78, 5) is 35.5.